The summed E-state index contributed by atoms with van der Waals surface area (Å²) in [6, 6.07) is 0. The van der Waals surface area contributed by atoms with E-state index in [2.05, 4.69) is 5.32 Å². The molecule has 1 aromatic rings. The van der Waals surface area contributed by atoms with E-state index in [-0.39, 0.29) is 0 Å². The highest BCUT2D eigenvalue weighted by atomic mass is 19.2. The van der Waals surface area contributed by atoms with Gasteiger partial charge >= 0.3 is 0 Å². The van der Waals surface area contributed by atoms with Crippen LogP contribution in [-0.4, -0.2) is 18.5 Å². The summed E-state index contributed by atoms with van der Waals surface area (Å²) in [6.45, 7) is 2.74. The van der Waals surface area contributed by atoms with Crippen LogP contribution in [0, 0.1) is 29.1 Å². The number of halogens is 5. The molecule has 0 bridgehead atoms. The minimum atomic E-state index is -2.28. The summed E-state index contributed by atoms with van der Waals surface area (Å²) >= 11 is 0. The average Bonchev–Trinajstić information content (AvgIpc) is 2.38. The molecule has 0 unspecified atom stereocenters. The summed E-state index contributed by atoms with van der Waals surface area (Å²) in [7, 11) is 1.40. The zero-order valence-electron chi connectivity index (χ0n) is 10.3. The average molecular weight is 282 g/mol. The Bertz CT molecular complexity index is 501. The first-order valence-corrected chi connectivity index (χ1v) is 5.15. The van der Waals surface area contributed by atoms with Gasteiger partial charge in [0.15, 0.2) is 23.3 Å². The Balaban J connectivity index is 3.27. The largest absolute Gasteiger partial charge is 0.319 e. The molecule has 1 aromatic carbocycles. The van der Waals surface area contributed by atoms with Crippen LogP contribution in [-0.2, 0) is 4.79 Å². The number of rotatable bonds is 3. The van der Waals surface area contributed by atoms with Crippen molar-refractivity contribution in [1.82, 2.24) is 5.32 Å². The molecule has 1 rings (SSSR count). The second-order valence-corrected chi connectivity index (χ2v) is 4.27. The Hall–Kier alpha value is -1.70. The standard InChI is InChI=1S/C11H11F5N2O/c1-11(2,17-3)10(19)18-9-7(15)5(13)4(12)6(14)8(9)16/h17H,1-3H3,(H,18,19). The van der Waals surface area contributed by atoms with E-state index in [1.165, 1.54) is 20.9 Å². The number of benzene rings is 1. The molecule has 0 saturated carbocycles. The van der Waals surface area contributed by atoms with Gasteiger partial charge in [0.05, 0.1) is 5.54 Å². The van der Waals surface area contributed by atoms with Crippen LogP contribution < -0.4 is 10.6 Å². The zero-order valence-corrected chi connectivity index (χ0v) is 10.3. The van der Waals surface area contributed by atoms with E-state index in [1.54, 1.807) is 5.32 Å². The molecule has 1 amide bonds. The van der Waals surface area contributed by atoms with Crippen molar-refractivity contribution in [2.24, 2.45) is 0 Å². The highest BCUT2D eigenvalue weighted by Gasteiger charge is 2.31. The maximum absolute atomic E-state index is 13.3. The maximum Gasteiger partial charge on any atom is 0.244 e. The predicted molar refractivity (Wildman–Crippen MR) is 58.0 cm³/mol. The molecule has 0 aliphatic carbocycles. The van der Waals surface area contributed by atoms with Crippen molar-refractivity contribution in [2.45, 2.75) is 19.4 Å². The van der Waals surface area contributed by atoms with Crippen LogP contribution in [0.1, 0.15) is 13.8 Å². The SMILES string of the molecule is CNC(C)(C)C(=O)Nc1c(F)c(F)c(F)c(F)c1F. The topological polar surface area (TPSA) is 41.1 Å². The van der Waals surface area contributed by atoms with Gasteiger partial charge in [-0.1, -0.05) is 0 Å². The first kappa shape index (κ1) is 15.4. The van der Waals surface area contributed by atoms with Gasteiger partial charge in [0.1, 0.15) is 5.69 Å². The van der Waals surface area contributed by atoms with Gasteiger partial charge in [-0.05, 0) is 20.9 Å². The van der Waals surface area contributed by atoms with E-state index in [9.17, 15) is 26.7 Å². The third-order valence-electron chi connectivity index (χ3n) is 2.64. The quantitative estimate of drug-likeness (QED) is 0.507. The Labute approximate surface area is 105 Å². The molecule has 0 radical (unpaired) electrons. The number of amides is 1. The minimum Gasteiger partial charge on any atom is -0.319 e. The Kier molecular flexibility index (Phi) is 4.14. The maximum atomic E-state index is 13.3. The molecule has 3 nitrogen and oxygen atoms in total. The molecule has 0 aliphatic rings. The van der Waals surface area contributed by atoms with Crippen molar-refractivity contribution >= 4 is 11.6 Å². The number of likely N-dealkylation sites (N-methyl/N-ethyl adjacent to an activating group) is 1. The van der Waals surface area contributed by atoms with E-state index < -0.39 is 46.2 Å². The van der Waals surface area contributed by atoms with Crippen LogP contribution in [0.15, 0.2) is 0 Å². The number of carbonyl (C=O) groups is 1. The van der Waals surface area contributed by atoms with Crippen LogP contribution in [0.3, 0.4) is 0 Å². The lowest BCUT2D eigenvalue weighted by molar-refractivity contribution is -0.121. The Morgan fingerprint density at radius 1 is 0.895 bits per heavy atom. The van der Waals surface area contributed by atoms with E-state index in [0.29, 0.717) is 0 Å². The van der Waals surface area contributed by atoms with Crippen LogP contribution in [0.25, 0.3) is 0 Å². The molecule has 0 atom stereocenters. The van der Waals surface area contributed by atoms with Crippen molar-refractivity contribution in [3.8, 4) is 0 Å². The molecular weight excluding hydrogens is 271 g/mol. The van der Waals surface area contributed by atoms with Gasteiger partial charge in [-0.3, -0.25) is 4.79 Å². The highest BCUT2D eigenvalue weighted by Crippen LogP contribution is 2.27. The van der Waals surface area contributed by atoms with E-state index in [1.807, 2.05) is 0 Å². The summed E-state index contributed by atoms with van der Waals surface area (Å²) in [5.74, 6) is -11.6. The minimum absolute atomic E-state index is 0.946. The van der Waals surface area contributed by atoms with Crippen LogP contribution in [0.5, 0.6) is 0 Å². The highest BCUT2D eigenvalue weighted by molar-refractivity contribution is 5.97. The van der Waals surface area contributed by atoms with Gasteiger partial charge in [0.2, 0.25) is 11.7 Å². The van der Waals surface area contributed by atoms with E-state index in [4.69, 9.17) is 0 Å². The van der Waals surface area contributed by atoms with Gasteiger partial charge in [-0.25, -0.2) is 22.0 Å². The number of hydrogen-bond acceptors (Lipinski definition) is 2. The summed E-state index contributed by atoms with van der Waals surface area (Å²) in [5, 5.41) is 4.20. The van der Waals surface area contributed by atoms with E-state index in [0.717, 1.165) is 0 Å². The summed E-state index contributed by atoms with van der Waals surface area (Å²) in [6.07, 6.45) is 0. The molecular formula is C11H11F5N2O. The smallest absolute Gasteiger partial charge is 0.244 e. The Morgan fingerprint density at radius 3 is 1.63 bits per heavy atom. The summed E-state index contributed by atoms with van der Waals surface area (Å²) in [4.78, 5) is 11.6. The number of hydrogen-bond donors (Lipinski definition) is 2. The van der Waals surface area contributed by atoms with Gasteiger partial charge < -0.3 is 10.6 Å². The number of nitrogens with one attached hydrogen (secondary N) is 2. The van der Waals surface area contributed by atoms with Crippen molar-refractivity contribution in [2.75, 3.05) is 12.4 Å². The monoisotopic (exact) mass is 282 g/mol. The van der Waals surface area contributed by atoms with Crippen LogP contribution in [0.4, 0.5) is 27.6 Å². The molecule has 0 spiro atoms. The normalized spacial score (nSPS) is 11.6. The fraction of sp³-hybridized carbons (Fsp3) is 0.364. The lowest BCUT2D eigenvalue weighted by Crippen LogP contribution is -2.48. The molecule has 0 saturated heterocycles. The summed E-state index contributed by atoms with van der Waals surface area (Å²) in [5.41, 5.74) is -2.62. The first-order chi connectivity index (χ1) is 8.63. The van der Waals surface area contributed by atoms with Gasteiger partial charge in [-0.15, -0.1) is 0 Å². The molecule has 2 N–H and O–H groups in total. The summed E-state index contributed by atoms with van der Waals surface area (Å²) < 4.78 is 65.2. The fourth-order valence-electron chi connectivity index (χ4n) is 1.10. The van der Waals surface area contributed by atoms with E-state index >= 15 is 0 Å². The van der Waals surface area contributed by atoms with Crippen molar-refractivity contribution in [1.29, 1.82) is 0 Å². The predicted octanol–water partition coefficient (Wildman–Crippen LogP) is 2.32. The third kappa shape index (κ3) is 2.67. The van der Waals surface area contributed by atoms with Crippen molar-refractivity contribution in [3.05, 3.63) is 29.1 Å². The molecule has 0 heterocycles. The van der Waals surface area contributed by atoms with Crippen molar-refractivity contribution < 1.29 is 26.7 Å². The number of anilines is 1. The second kappa shape index (κ2) is 5.12. The van der Waals surface area contributed by atoms with Gasteiger partial charge in [-0.2, -0.15) is 0 Å². The molecule has 8 heteroatoms. The lowest BCUT2D eigenvalue weighted by Gasteiger charge is -2.23. The van der Waals surface area contributed by atoms with Crippen LogP contribution in [0.2, 0.25) is 0 Å². The fourth-order valence-corrected chi connectivity index (χ4v) is 1.10. The molecule has 0 fully saturated rings. The van der Waals surface area contributed by atoms with Crippen molar-refractivity contribution in [3.63, 3.8) is 0 Å². The lowest BCUT2D eigenvalue weighted by atomic mass is 10.0. The molecule has 0 aromatic heterocycles. The third-order valence-corrected chi connectivity index (χ3v) is 2.64. The van der Waals surface area contributed by atoms with Gasteiger partial charge in [0.25, 0.3) is 0 Å². The first-order valence-electron chi connectivity index (χ1n) is 5.15. The van der Waals surface area contributed by atoms with Crippen LogP contribution >= 0.6 is 0 Å². The molecule has 0 aliphatic heterocycles. The second-order valence-electron chi connectivity index (χ2n) is 4.27. The number of carbonyl (C=O) groups excluding carboxylic acids is 1. The van der Waals surface area contributed by atoms with Gasteiger partial charge in [0, 0.05) is 0 Å². The Morgan fingerprint density at radius 2 is 1.26 bits per heavy atom. The molecule has 106 valence electrons. The zero-order chi connectivity index (χ0) is 15.0. The molecule has 19 heavy (non-hydrogen) atoms.